The van der Waals surface area contributed by atoms with Gasteiger partial charge in [-0.25, -0.2) is 4.79 Å². The SMILES string of the molecule is CCOC(=O)c1ccc(Nc2cncc(C(=O)Nc3ccc(Cl)cc3)c2)cc1. The molecule has 3 rings (SSSR count). The van der Waals surface area contributed by atoms with Gasteiger partial charge in [-0.2, -0.15) is 0 Å². The molecule has 0 fully saturated rings. The van der Waals surface area contributed by atoms with E-state index < -0.39 is 0 Å². The molecule has 28 heavy (non-hydrogen) atoms. The molecule has 6 nitrogen and oxygen atoms in total. The van der Waals surface area contributed by atoms with Gasteiger partial charge in [0.15, 0.2) is 0 Å². The van der Waals surface area contributed by atoms with E-state index in [0.717, 1.165) is 5.69 Å². The minimum absolute atomic E-state index is 0.281. The fourth-order valence-corrected chi connectivity index (χ4v) is 2.57. The van der Waals surface area contributed by atoms with Crippen LogP contribution < -0.4 is 10.6 Å². The number of hydrogen-bond acceptors (Lipinski definition) is 5. The molecule has 0 spiro atoms. The third-order valence-corrected chi connectivity index (χ3v) is 4.04. The molecule has 3 aromatic rings. The van der Waals surface area contributed by atoms with E-state index in [1.807, 2.05) is 0 Å². The Kier molecular flexibility index (Phi) is 6.24. The number of esters is 1. The van der Waals surface area contributed by atoms with Gasteiger partial charge in [0.05, 0.1) is 29.6 Å². The number of pyridine rings is 1. The first-order valence-corrected chi connectivity index (χ1v) is 8.99. The van der Waals surface area contributed by atoms with Gasteiger partial charge in [-0.05, 0) is 61.5 Å². The maximum Gasteiger partial charge on any atom is 0.338 e. The summed E-state index contributed by atoms with van der Waals surface area (Å²) in [5, 5.41) is 6.55. The number of ether oxygens (including phenoxy) is 1. The van der Waals surface area contributed by atoms with E-state index in [0.29, 0.717) is 34.1 Å². The fraction of sp³-hybridized carbons (Fsp3) is 0.0952. The van der Waals surface area contributed by atoms with Gasteiger partial charge in [0.2, 0.25) is 0 Å². The van der Waals surface area contributed by atoms with Crippen molar-refractivity contribution in [2.75, 3.05) is 17.2 Å². The fourth-order valence-electron chi connectivity index (χ4n) is 2.44. The van der Waals surface area contributed by atoms with Gasteiger partial charge in [-0.15, -0.1) is 0 Å². The van der Waals surface area contributed by atoms with Crippen LogP contribution in [0.25, 0.3) is 0 Å². The average molecular weight is 396 g/mol. The molecule has 0 saturated heterocycles. The minimum atomic E-state index is -0.364. The number of amides is 1. The van der Waals surface area contributed by atoms with Crippen molar-refractivity contribution in [2.45, 2.75) is 6.92 Å². The second kappa shape index (κ2) is 9.01. The number of nitrogens with one attached hydrogen (secondary N) is 2. The molecular formula is C21H18ClN3O3. The molecule has 7 heteroatoms. The summed E-state index contributed by atoms with van der Waals surface area (Å²) in [5.74, 6) is -0.646. The normalized spacial score (nSPS) is 10.2. The molecule has 0 aliphatic rings. The summed E-state index contributed by atoms with van der Waals surface area (Å²) < 4.78 is 4.96. The number of carbonyl (C=O) groups is 2. The second-order valence-corrected chi connectivity index (χ2v) is 6.28. The average Bonchev–Trinajstić information content (AvgIpc) is 2.70. The molecule has 2 N–H and O–H groups in total. The van der Waals surface area contributed by atoms with Gasteiger partial charge in [-0.1, -0.05) is 11.6 Å². The van der Waals surface area contributed by atoms with Crippen molar-refractivity contribution < 1.29 is 14.3 Å². The van der Waals surface area contributed by atoms with Crippen LogP contribution in [0.3, 0.4) is 0 Å². The van der Waals surface area contributed by atoms with Crippen molar-refractivity contribution in [3.63, 3.8) is 0 Å². The number of aromatic nitrogens is 1. The van der Waals surface area contributed by atoms with Crippen LogP contribution >= 0.6 is 11.6 Å². The number of rotatable bonds is 6. The Morgan fingerprint density at radius 1 is 0.929 bits per heavy atom. The number of nitrogens with zero attached hydrogens (tertiary/aromatic N) is 1. The Balaban J connectivity index is 1.68. The maximum atomic E-state index is 12.4. The predicted molar refractivity (Wildman–Crippen MR) is 109 cm³/mol. The van der Waals surface area contributed by atoms with Crippen molar-refractivity contribution in [1.82, 2.24) is 4.98 Å². The number of carbonyl (C=O) groups excluding carboxylic acids is 2. The van der Waals surface area contributed by atoms with Crippen LogP contribution in [0, 0.1) is 0 Å². The minimum Gasteiger partial charge on any atom is -0.462 e. The van der Waals surface area contributed by atoms with Crippen LogP contribution in [0.1, 0.15) is 27.6 Å². The highest BCUT2D eigenvalue weighted by Gasteiger charge is 2.09. The standard InChI is InChI=1S/C21H18ClN3O3/c1-2-28-21(27)14-3-7-17(8-4-14)24-19-11-15(12-23-13-19)20(26)25-18-9-5-16(22)6-10-18/h3-13,24H,2H2,1H3,(H,25,26). The highest BCUT2D eigenvalue weighted by molar-refractivity contribution is 6.30. The van der Waals surface area contributed by atoms with Gasteiger partial charge >= 0.3 is 5.97 Å². The van der Waals surface area contributed by atoms with Gasteiger partial charge in [0.25, 0.3) is 5.91 Å². The highest BCUT2D eigenvalue weighted by Crippen LogP contribution is 2.19. The third-order valence-electron chi connectivity index (χ3n) is 3.79. The van der Waals surface area contributed by atoms with Crippen molar-refractivity contribution in [3.8, 4) is 0 Å². The Morgan fingerprint density at radius 2 is 1.61 bits per heavy atom. The van der Waals surface area contributed by atoms with Crippen LogP contribution in [0.5, 0.6) is 0 Å². The molecular weight excluding hydrogens is 378 g/mol. The van der Waals surface area contributed by atoms with E-state index in [2.05, 4.69) is 15.6 Å². The molecule has 1 amide bonds. The zero-order chi connectivity index (χ0) is 19.9. The molecule has 1 heterocycles. The summed E-state index contributed by atoms with van der Waals surface area (Å²) in [7, 11) is 0. The molecule has 142 valence electrons. The van der Waals surface area contributed by atoms with Crippen LogP contribution in [0.4, 0.5) is 17.1 Å². The van der Waals surface area contributed by atoms with Crippen LogP contribution in [-0.4, -0.2) is 23.5 Å². The Bertz CT molecular complexity index is 973. The zero-order valence-electron chi connectivity index (χ0n) is 15.1. The first kappa shape index (κ1) is 19.4. The van der Waals surface area contributed by atoms with Crippen LogP contribution in [0.15, 0.2) is 67.0 Å². The van der Waals surface area contributed by atoms with Crippen molar-refractivity contribution in [3.05, 3.63) is 83.1 Å². The van der Waals surface area contributed by atoms with E-state index in [1.165, 1.54) is 6.20 Å². The topological polar surface area (TPSA) is 80.3 Å². The first-order chi connectivity index (χ1) is 13.5. The van der Waals surface area contributed by atoms with Crippen molar-refractivity contribution in [2.24, 2.45) is 0 Å². The molecule has 2 aromatic carbocycles. The summed E-state index contributed by atoms with van der Waals surface area (Å²) in [6.07, 6.45) is 3.10. The predicted octanol–water partition coefficient (Wildman–Crippen LogP) is 4.91. The van der Waals surface area contributed by atoms with Gasteiger partial charge in [0, 0.05) is 22.6 Å². The number of anilines is 3. The molecule has 0 saturated carbocycles. The molecule has 0 radical (unpaired) electrons. The number of hydrogen-bond donors (Lipinski definition) is 2. The summed E-state index contributed by atoms with van der Waals surface area (Å²) in [4.78, 5) is 28.2. The molecule has 0 bridgehead atoms. The Hall–Kier alpha value is -3.38. The summed E-state index contributed by atoms with van der Waals surface area (Å²) >= 11 is 5.85. The summed E-state index contributed by atoms with van der Waals surface area (Å²) in [6.45, 7) is 2.09. The number of halogens is 1. The number of benzene rings is 2. The van der Waals surface area contributed by atoms with E-state index >= 15 is 0 Å². The van der Waals surface area contributed by atoms with E-state index in [-0.39, 0.29) is 11.9 Å². The zero-order valence-corrected chi connectivity index (χ0v) is 15.9. The Morgan fingerprint density at radius 3 is 2.29 bits per heavy atom. The third kappa shape index (κ3) is 5.08. The van der Waals surface area contributed by atoms with Gasteiger partial charge < -0.3 is 15.4 Å². The van der Waals surface area contributed by atoms with Gasteiger partial charge in [-0.3, -0.25) is 9.78 Å². The van der Waals surface area contributed by atoms with Crippen molar-refractivity contribution >= 4 is 40.5 Å². The highest BCUT2D eigenvalue weighted by atomic mass is 35.5. The first-order valence-electron chi connectivity index (χ1n) is 8.61. The Labute approximate surface area is 167 Å². The van der Waals surface area contributed by atoms with E-state index in [9.17, 15) is 9.59 Å². The van der Waals surface area contributed by atoms with Crippen LogP contribution in [-0.2, 0) is 4.74 Å². The lowest BCUT2D eigenvalue weighted by Gasteiger charge is -2.09. The molecule has 0 aliphatic heterocycles. The molecule has 1 aromatic heterocycles. The van der Waals surface area contributed by atoms with Gasteiger partial charge in [0.1, 0.15) is 0 Å². The van der Waals surface area contributed by atoms with E-state index in [1.54, 1.807) is 67.7 Å². The smallest absolute Gasteiger partial charge is 0.338 e. The van der Waals surface area contributed by atoms with Crippen molar-refractivity contribution in [1.29, 1.82) is 0 Å². The summed E-state index contributed by atoms with van der Waals surface area (Å²) in [5.41, 5.74) is 2.92. The monoisotopic (exact) mass is 395 g/mol. The van der Waals surface area contributed by atoms with E-state index in [4.69, 9.17) is 16.3 Å². The quantitative estimate of drug-likeness (QED) is 0.580. The molecule has 0 unspecified atom stereocenters. The lowest BCUT2D eigenvalue weighted by atomic mass is 10.2. The summed E-state index contributed by atoms with van der Waals surface area (Å²) in [6, 6.07) is 15.4. The molecule has 0 atom stereocenters. The second-order valence-electron chi connectivity index (χ2n) is 5.85. The lowest BCUT2D eigenvalue weighted by molar-refractivity contribution is 0.0526. The maximum absolute atomic E-state index is 12.4. The molecule has 0 aliphatic carbocycles. The van der Waals surface area contributed by atoms with Crippen LogP contribution in [0.2, 0.25) is 5.02 Å². The largest absolute Gasteiger partial charge is 0.462 e. The lowest BCUT2D eigenvalue weighted by Crippen LogP contribution is -2.12.